The molecule has 1 atom stereocenters. The lowest BCUT2D eigenvalue weighted by Gasteiger charge is -2.10. The van der Waals surface area contributed by atoms with Crippen molar-refractivity contribution < 1.29 is 19.0 Å². The summed E-state index contributed by atoms with van der Waals surface area (Å²) >= 11 is 0. The predicted molar refractivity (Wildman–Crippen MR) is 77.8 cm³/mol. The van der Waals surface area contributed by atoms with E-state index in [2.05, 4.69) is 9.97 Å². The van der Waals surface area contributed by atoms with Gasteiger partial charge in [0.2, 0.25) is 0 Å². The lowest BCUT2D eigenvalue weighted by atomic mass is 10.1. The lowest BCUT2D eigenvalue weighted by Crippen LogP contribution is -2.17. The van der Waals surface area contributed by atoms with Gasteiger partial charge in [-0.2, -0.15) is 0 Å². The van der Waals surface area contributed by atoms with Gasteiger partial charge < -0.3 is 14.6 Å². The first-order valence-electron chi connectivity index (χ1n) is 7.23. The van der Waals surface area contributed by atoms with Crippen LogP contribution < -0.4 is 4.74 Å². The third-order valence-corrected chi connectivity index (χ3v) is 3.61. The summed E-state index contributed by atoms with van der Waals surface area (Å²) in [6.45, 7) is 0.852. The molecular formula is C16H17FN2O3. The second kappa shape index (κ2) is 6.81. The maximum absolute atomic E-state index is 14.1. The SMILES string of the molecule is OCc1cccc(-c2cnc(OCC3CCCO3)nc2)c1F. The second-order valence-electron chi connectivity index (χ2n) is 5.14. The summed E-state index contributed by atoms with van der Waals surface area (Å²) < 4.78 is 25.1. The summed E-state index contributed by atoms with van der Waals surface area (Å²) in [5, 5.41) is 9.10. The van der Waals surface area contributed by atoms with E-state index in [-0.39, 0.29) is 24.3 Å². The van der Waals surface area contributed by atoms with E-state index in [1.54, 1.807) is 18.2 Å². The zero-order valence-corrected chi connectivity index (χ0v) is 12.0. The van der Waals surface area contributed by atoms with Crippen molar-refractivity contribution in [2.75, 3.05) is 13.2 Å². The maximum atomic E-state index is 14.1. The van der Waals surface area contributed by atoms with Crippen LogP contribution in [-0.2, 0) is 11.3 Å². The number of aromatic nitrogens is 2. The minimum absolute atomic E-state index is 0.0990. The van der Waals surface area contributed by atoms with E-state index in [9.17, 15) is 4.39 Å². The molecule has 0 spiro atoms. The van der Waals surface area contributed by atoms with Crippen LogP contribution in [0, 0.1) is 5.82 Å². The Bertz CT molecular complexity index is 628. The highest BCUT2D eigenvalue weighted by Crippen LogP contribution is 2.24. The molecule has 5 nitrogen and oxygen atoms in total. The summed E-state index contributed by atoms with van der Waals surface area (Å²) in [5.41, 5.74) is 1.14. The molecule has 1 aromatic carbocycles. The van der Waals surface area contributed by atoms with E-state index in [1.165, 1.54) is 12.4 Å². The van der Waals surface area contributed by atoms with Crippen LogP contribution >= 0.6 is 0 Å². The van der Waals surface area contributed by atoms with Gasteiger partial charge in [-0.05, 0) is 12.8 Å². The quantitative estimate of drug-likeness (QED) is 0.918. The van der Waals surface area contributed by atoms with Gasteiger partial charge in [-0.1, -0.05) is 18.2 Å². The average Bonchev–Trinajstić information content (AvgIpc) is 3.07. The Balaban J connectivity index is 1.71. The zero-order chi connectivity index (χ0) is 15.4. The molecule has 0 bridgehead atoms. The van der Waals surface area contributed by atoms with Gasteiger partial charge in [0.15, 0.2) is 0 Å². The van der Waals surface area contributed by atoms with E-state index in [0.717, 1.165) is 19.4 Å². The van der Waals surface area contributed by atoms with Crippen LogP contribution in [0.1, 0.15) is 18.4 Å². The summed E-state index contributed by atoms with van der Waals surface area (Å²) in [6, 6.07) is 5.10. The minimum Gasteiger partial charge on any atom is -0.461 e. The first-order valence-corrected chi connectivity index (χ1v) is 7.23. The summed E-state index contributed by atoms with van der Waals surface area (Å²) in [6.07, 6.45) is 5.15. The van der Waals surface area contributed by atoms with Crippen molar-refractivity contribution >= 4 is 0 Å². The minimum atomic E-state index is -0.457. The van der Waals surface area contributed by atoms with Crippen LogP contribution in [0.3, 0.4) is 0 Å². The molecular weight excluding hydrogens is 287 g/mol. The standard InChI is InChI=1S/C16H17FN2O3/c17-15-11(9-20)3-1-5-14(15)12-7-18-16(19-8-12)22-10-13-4-2-6-21-13/h1,3,5,7-8,13,20H,2,4,6,9-10H2. The zero-order valence-electron chi connectivity index (χ0n) is 12.0. The molecule has 2 heterocycles. The van der Waals surface area contributed by atoms with Gasteiger partial charge in [-0.25, -0.2) is 14.4 Å². The van der Waals surface area contributed by atoms with Crippen molar-refractivity contribution in [1.29, 1.82) is 0 Å². The molecule has 1 aliphatic heterocycles. The van der Waals surface area contributed by atoms with E-state index in [0.29, 0.717) is 17.7 Å². The van der Waals surface area contributed by atoms with Crippen molar-refractivity contribution in [1.82, 2.24) is 9.97 Å². The highest BCUT2D eigenvalue weighted by atomic mass is 19.1. The molecule has 6 heteroatoms. The number of aliphatic hydroxyl groups excluding tert-OH is 1. The van der Waals surface area contributed by atoms with Gasteiger partial charge in [0.25, 0.3) is 0 Å². The fourth-order valence-electron chi connectivity index (χ4n) is 2.40. The molecule has 2 aromatic rings. The number of rotatable bonds is 5. The monoisotopic (exact) mass is 304 g/mol. The topological polar surface area (TPSA) is 64.5 Å². The number of hydrogen-bond donors (Lipinski definition) is 1. The highest BCUT2D eigenvalue weighted by molar-refractivity contribution is 5.63. The Morgan fingerprint density at radius 3 is 2.82 bits per heavy atom. The molecule has 22 heavy (non-hydrogen) atoms. The number of halogens is 1. The fourth-order valence-corrected chi connectivity index (χ4v) is 2.40. The molecule has 0 saturated carbocycles. The molecule has 1 aromatic heterocycles. The largest absolute Gasteiger partial charge is 0.461 e. The van der Waals surface area contributed by atoms with Crippen molar-refractivity contribution in [3.8, 4) is 17.1 Å². The fraction of sp³-hybridized carbons (Fsp3) is 0.375. The molecule has 0 aliphatic carbocycles. The molecule has 3 rings (SSSR count). The molecule has 1 saturated heterocycles. The van der Waals surface area contributed by atoms with Gasteiger partial charge >= 0.3 is 6.01 Å². The predicted octanol–water partition coefficient (Wildman–Crippen LogP) is 2.33. The van der Waals surface area contributed by atoms with E-state index >= 15 is 0 Å². The van der Waals surface area contributed by atoms with Crippen molar-refractivity contribution in [3.05, 3.63) is 42.0 Å². The van der Waals surface area contributed by atoms with Crippen LogP contribution in [0.25, 0.3) is 11.1 Å². The third kappa shape index (κ3) is 3.23. The first kappa shape index (κ1) is 14.9. The number of nitrogens with zero attached hydrogens (tertiary/aromatic N) is 2. The number of benzene rings is 1. The Kier molecular flexibility index (Phi) is 4.60. The average molecular weight is 304 g/mol. The van der Waals surface area contributed by atoms with Crippen molar-refractivity contribution in [2.45, 2.75) is 25.6 Å². The molecule has 1 unspecified atom stereocenters. The van der Waals surface area contributed by atoms with Gasteiger partial charge in [-0.15, -0.1) is 0 Å². The van der Waals surface area contributed by atoms with Crippen molar-refractivity contribution in [2.24, 2.45) is 0 Å². The molecule has 0 amide bonds. The second-order valence-corrected chi connectivity index (χ2v) is 5.14. The van der Waals surface area contributed by atoms with Gasteiger partial charge in [0, 0.05) is 35.7 Å². The summed E-state index contributed by atoms with van der Waals surface area (Å²) in [7, 11) is 0. The van der Waals surface area contributed by atoms with E-state index < -0.39 is 5.82 Å². The summed E-state index contributed by atoms with van der Waals surface area (Å²) in [5.74, 6) is -0.457. The number of aliphatic hydroxyl groups is 1. The maximum Gasteiger partial charge on any atom is 0.316 e. The first-order chi connectivity index (χ1) is 10.8. The van der Waals surface area contributed by atoms with Crippen molar-refractivity contribution in [3.63, 3.8) is 0 Å². The molecule has 116 valence electrons. The summed E-state index contributed by atoms with van der Waals surface area (Å²) in [4.78, 5) is 8.19. The number of ether oxygens (including phenoxy) is 2. The molecule has 1 N–H and O–H groups in total. The Morgan fingerprint density at radius 2 is 2.14 bits per heavy atom. The molecule has 1 fully saturated rings. The Labute approximate surface area is 127 Å². The van der Waals surface area contributed by atoms with Crippen LogP contribution in [-0.4, -0.2) is 34.4 Å². The third-order valence-electron chi connectivity index (χ3n) is 3.61. The molecule has 1 aliphatic rings. The molecule has 0 radical (unpaired) electrons. The van der Waals surface area contributed by atoms with Crippen LogP contribution in [0.4, 0.5) is 4.39 Å². The van der Waals surface area contributed by atoms with Gasteiger partial charge in [-0.3, -0.25) is 0 Å². The highest BCUT2D eigenvalue weighted by Gasteiger charge is 2.16. The normalized spacial score (nSPS) is 17.6. The van der Waals surface area contributed by atoms with Gasteiger partial charge in [0.05, 0.1) is 12.7 Å². The smallest absolute Gasteiger partial charge is 0.316 e. The Hall–Kier alpha value is -2.05. The number of hydrogen-bond acceptors (Lipinski definition) is 5. The van der Waals surface area contributed by atoms with E-state index in [1.807, 2.05) is 0 Å². The Morgan fingerprint density at radius 1 is 1.32 bits per heavy atom. The van der Waals surface area contributed by atoms with Crippen LogP contribution in [0.15, 0.2) is 30.6 Å². The lowest BCUT2D eigenvalue weighted by molar-refractivity contribution is 0.0645. The van der Waals surface area contributed by atoms with Crippen LogP contribution in [0.2, 0.25) is 0 Å². The van der Waals surface area contributed by atoms with Gasteiger partial charge in [0.1, 0.15) is 12.4 Å². The van der Waals surface area contributed by atoms with Crippen LogP contribution in [0.5, 0.6) is 6.01 Å². The van der Waals surface area contributed by atoms with E-state index in [4.69, 9.17) is 14.6 Å².